The van der Waals surface area contributed by atoms with Crippen molar-refractivity contribution in [2.45, 2.75) is 88.5 Å². The van der Waals surface area contributed by atoms with E-state index in [-0.39, 0.29) is 31.8 Å². The first kappa shape index (κ1) is 22.7. The molecule has 4 aliphatic rings. The Labute approximate surface area is 203 Å². The molecule has 1 saturated carbocycles. The van der Waals surface area contributed by atoms with Gasteiger partial charge in [0.2, 0.25) is 11.9 Å². The van der Waals surface area contributed by atoms with Crippen molar-refractivity contribution in [2.24, 2.45) is 0 Å². The summed E-state index contributed by atoms with van der Waals surface area (Å²) >= 11 is 0. The summed E-state index contributed by atoms with van der Waals surface area (Å²) < 4.78 is 27.2. The molecule has 2 N–H and O–H groups in total. The molecule has 1 atom stereocenters. The van der Waals surface area contributed by atoms with Crippen molar-refractivity contribution in [1.29, 1.82) is 0 Å². The van der Waals surface area contributed by atoms with E-state index in [2.05, 4.69) is 21.6 Å². The topological polar surface area (TPSA) is 90.0 Å². The van der Waals surface area contributed by atoms with Gasteiger partial charge in [-0.05, 0) is 44.9 Å². The van der Waals surface area contributed by atoms with Crippen molar-refractivity contribution in [3.63, 3.8) is 0 Å². The van der Waals surface area contributed by atoms with Crippen molar-refractivity contribution in [2.75, 3.05) is 29.9 Å². The smallest absolute Gasteiger partial charge is 0.251 e. The van der Waals surface area contributed by atoms with Gasteiger partial charge in [-0.3, -0.25) is 9.89 Å². The number of aromatic amines is 1. The van der Waals surface area contributed by atoms with Gasteiger partial charge in [0.05, 0.1) is 5.69 Å². The van der Waals surface area contributed by atoms with Gasteiger partial charge >= 0.3 is 0 Å². The Kier molecular flexibility index (Phi) is 5.84. The molecule has 2 saturated heterocycles. The first-order valence-corrected chi connectivity index (χ1v) is 13.1. The number of nitrogens with one attached hydrogen (secondary N) is 2. The molecule has 35 heavy (non-hydrogen) atoms. The Morgan fingerprint density at radius 2 is 1.83 bits per heavy atom. The van der Waals surface area contributed by atoms with Gasteiger partial charge in [0.15, 0.2) is 5.82 Å². The van der Waals surface area contributed by atoms with Gasteiger partial charge in [0.25, 0.3) is 5.92 Å². The monoisotopic (exact) mass is 485 g/mol. The Bertz CT molecular complexity index is 1090. The summed E-state index contributed by atoms with van der Waals surface area (Å²) in [5.41, 5.74) is 3.33. The lowest BCUT2D eigenvalue weighted by Gasteiger charge is -2.35. The Morgan fingerprint density at radius 1 is 1.03 bits per heavy atom. The van der Waals surface area contributed by atoms with E-state index in [1.54, 1.807) is 4.90 Å². The maximum absolute atomic E-state index is 13.6. The van der Waals surface area contributed by atoms with Crippen molar-refractivity contribution >= 4 is 23.5 Å². The minimum absolute atomic E-state index is 0.0786. The Hall–Kier alpha value is -2.78. The zero-order valence-electron chi connectivity index (χ0n) is 20.0. The summed E-state index contributed by atoms with van der Waals surface area (Å²) in [6.45, 7) is 0.903. The highest BCUT2D eigenvalue weighted by molar-refractivity contribution is 5.85. The molecule has 8 nitrogen and oxygen atoms in total. The first-order valence-electron chi connectivity index (χ1n) is 13.1. The largest absolute Gasteiger partial charge is 0.340 e. The third kappa shape index (κ3) is 4.47. The molecule has 3 fully saturated rings. The molecule has 0 radical (unpaired) electrons. The van der Waals surface area contributed by atoms with Gasteiger partial charge in [-0.1, -0.05) is 12.8 Å². The quantitative estimate of drug-likeness (QED) is 0.656. The number of aromatic nitrogens is 4. The highest BCUT2D eigenvalue weighted by atomic mass is 19.3. The number of fused-ring (bicyclic) bond motifs is 1. The van der Waals surface area contributed by atoms with E-state index in [1.165, 1.54) is 31.4 Å². The molecule has 2 aromatic heterocycles. The van der Waals surface area contributed by atoms with Crippen molar-refractivity contribution < 1.29 is 13.6 Å². The second-order valence-electron chi connectivity index (χ2n) is 10.5. The van der Waals surface area contributed by atoms with Crippen LogP contribution in [0.5, 0.6) is 0 Å². The molecule has 0 aromatic carbocycles. The molecular weight excluding hydrogens is 452 g/mol. The van der Waals surface area contributed by atoms with Crippen molar-refractivity contribution in [3.8, 4) is 0 Å². The molecule has 6 rings (SSSR count). The number of halogens is 2. The summed E-state index contributed by atoms with van der Waals surface area (Å²) in [5, 5.41) is 11.1. The average Bonchev–Trinajstić information content (AvgIpc) is 3.65. The van der Waals surface area contributed by atoms with Gasteiger partial charge in [0.1, 0.15) is 11.9 Å². The van der Waals surface area contributed by atoms with Gasteiger partial charge in [-0.2, -0.15) is 10.1 Å². The number of nitrogens with zero attached hydrogens (tertiary/aromatic N) is 5. The van der Waals surface area contributed by atoms with Gasteiger partial charge in [-0.15, -0.1) is 0 Å². The molecule has 2 aliphatic carbocycles. The third-order valence-electron chi connectivity index (χ3n) is 8.16. The fourth-order valence-electron chi connectivity index (χ4n) is 6.15. The minimum Gasteiger partial charge on any atom is -0.340 e. The molecular formula is C25H33F2N7O. The highest BCUT2D eigenvalue weighted by Crippen LogP contribution is 2.36. The standard InChI is InChI=1S/C25H33F2N7O/c26-25(27)10-13-33(14-11-25)23(35)20-9-4-12-34(20)24-28-18-8-3-7-17(18)22(30-24)29-21-15-19(31-32-21)16-5-1-2-6-16/h15-16,20H,1-14H2,(H2,28,29,30,31,32)/t20-/m0/s1. The average molecular weight is 486 g/mol. The normalized spacial score (nSPS) is 24.2. The molecule has 0 unspecified atom stereocenters. The van der Waals surface area contributed by atoms with Crippen molar-refractivity contribution in [1.82, 2.24) is 25.1 Å². The maximum atomic E-state index is 13.6. The lowest BCUT2D eigenvalue weighted by molar-refractivity contribution is -0.138. The third-order valence-corrected chi connectivity index (χ3v) is 8.16. The van der Waals surface area contributed by atoms with Crippen LogP contribution < -0.4 is 10.2 Å². The van der Waals surface area contributed by atoms with Gasteiger partial charge in [-0.25, -0.2) is 13.8 Å². The molecule has 0 bridgehead atoms. The Morgan fingerprint density at radius 3 is 2.63 bits per heavy atom. The number of hydrogen-bond donors (Lipinski definition) is 2. The fourth-order valence-corrected chi connectivity index (χ4v) is 6.15. The zero-order valence-corrected chi connectivity index (χ0v) is 20.0. The number of aryl methyl sites for hydroxylation is 1. The van der Waals surface area contributed by atoms with E-state index < -0.39 is 12.0 Å². The SMILES string of the molecule is O=C([C@@H]1CCCN1c1nc2c(c(Nc3cc(C4CCCC4)[nH]n3)n1)CCC2)N1CCC(F)(F)CC1. The van der Waals surface area contributed by atoms with Crippen LogP contribution in [0.2, 0.25) is 0 Å². The van der Waals surface area contributed by atoms with Gasteiger partial charge in [0, 0.05) is 55.7 Å². The van der Waals surface area contributed by atoms with Crippen LogP contribution in [0.4, 0.5) is 26.4 Å². The van der Waals surface area contributed by atoms with Gasteiger partial charge < -0.3 is 15.1 Å². The Balaban J connectivity index is 1.23. The van der Waals surface area contributed by atoms with E-state index in [0.717, 1.165) is 48.6 Å². The van der Waals surface area contributed by atoms with Crippen LogP contribution in [0.1, 0.15) is 80.7 Å². The summed E-state index contributed by atoms with van der Waals surface area (Å²) in [4.78, 5) is 26.6. The molecule has 2 aliphatic heterocycles. The molecule has 2 aromatic rings. The predicted molar refractivity (Wildman–Crippen MR) is 128 cm³/mol. The number of anilines is 3. The minimum atomic E-state index is -2.67. The molecule has 0 spiro atoms. The number of amides is 1. The number of carbonyl (C=O) groups excluding carboxylic acids is 1. The van der Waals surface area contributed by atoms with Crippen LogP contribution >= 0.6 is 0 Å². The highest BCUT2D eigenvalue weighted by Gasteiger charge is 2.41. The van der Waals surface area contributed by atoms with E-state index in [0.29, 0.717) is 24.8 Å². The van der Waals surface area contributed by atoms with Crippen molar-refractivity contribution in [3.05, 3.63) is 23.0 Å². The van der Waals surface area contributed by atoms with Crippen LogP contribution in [0.3, 0.4) is 0 Å². The summed E-state index contributed by atoms with van der Waals surface area (Å²) in [6, 6.07) is 1.70. The van der Waals surface area contributed by atoms with Crippen LogP contribution in [0, 0.1) is 0 Å². The van der Waals surface area contributed by atoms with Crippen LogP contribution in [-0.4, -0.2) is 62.6 Å². The summed E-state index contributed by atoms with van der Waals surface area (Å²) in [7, 11) is 0. The number of carbonyl (C=O) groups is 1. The lowest BCUT2D eigenvalue weighted by Crippen LogP contribution is -2.50. The second kappa shape index (κ2) is 9.02. The second-order valence-corrected chi connectivity index (χ2v) is 10.5. The maximum Gasteiger partial charge on any atom is 0.251 e. The summed E-state index contributed by atoms with van der Waals surface area (Å²) in [5.74, 6) is -0.116. The fraction of sp³-hybridized carbons (Fsp3) is 0.680. The lowest BCUT2D eigenvalue weighted by atomic mass is 10.0. The van der Waals surface area contributed by atoms with E-state index >= 15 is 0 Å². The molecule has 10 heteroatoms. The molecule has 4 heterocycles. The number of H-pyrrole nitrogens is 1. The summed E-state index contributed by atoms with van der Waals surface area (Å²) in [6.07, 6.45) is 8.80. The number of piperidine rings is 1. The van der Waals surface area contributed by atoms with E-state index in [9.17, 15) is 13.6 Å². The van der Waals surface area contributed by atoms with E-state index in [1.807, 2.05) is 4.90 Å². The zero-order chi connectivity index (χ0) is 24.0. The molecule has 1 amide bonds. The van der Waals surface area contributed by atoms with Crippen LogP contribution in [0.25, 0.3) is 0 Å². The number of hydrogen-bond acceptors (Lipinski definition) is 6. The first-order chi connectivity index (χ1) is 17.0. The predicted octanol–water partition coefficient (Wildman–Crippen LogP) is 4.32. The number of rotatable bonds is 5. The van der Waals surface area contributed by atoms with Crippen LogP contribution in [0.15, 0.2) is 6.07 Å². The van der Waals surface area contributed by atoms with Crippen LogP contribution in [-0.2, 0) is 17.6 Å². The van der Waals surface area contributed by atoms with E-state index in [4.69, 9.17) is 9.97 Å². The number of alkyl halides is 2. The number of likely N-dealkylation sites (tertiary alicyclic amines) is 1. The molecule has 188 valence electrons.